The van der Waals surface area contributed by atoms with Crippen LogP contribution in [-0.2, 0) is 0 Å². The van der Waals surface area contributed by atoms with E-state index in [9.17, 15) is 0 Å². The molecule has 0 aliphatic carbocycles. The first-order valence-corrected chi connectivity index (χ1v) is 6.28. The Morgan fingerprint density at radius 1 is 1.47 bits per heavy atom. The maximum atomic E-state index is 7.66. The quantitative estimate of drug-likeness (QED) is 0.627. The maximum absolute atomic E-state index is 7.66. The predicted molar refractivity (Wildman–Crippen MR) is 73.1 cm³/mol. The Morgan fingerprint density at radius 2 is 2.18 bits per heavy atom. The number of nitrogens with two attached hydrogens (primary N) is 1. The summed E-state index contributed by atoms with van der Waals surface area (Å²) in [6.07, 6.45) is 1.17. The van der Waals surface area contributed by atoms with Gasteiger partial charge in [-0.15, -0.1) is 0 Å². The van der Waals surface area contributed by atoms with Crippen LogP contribution in [0.15, 0.2) is 18.2 Å². The second kappa shape index (κ2) is 4.57. The van der Waals surface area contributed by atoms with Crippen LogP contribution in [-0.4, -0.2) is 18.4 Å². The number of anilines is 1. The van der Waals surface area contributed by atoms with Crippen molar-refractivity contribution in [3.8, 4) is 0 Å². The maximum Gasteiger partial charge on any atom is 0.126 e. The van der Waals surface area contributed by atoms with Crippen molar-refractivity contribution in [1.82, 2.24) is 0 Å². The standard InChI is InChI=1S/C13H18ClN3/c1-8-6-9(2)17(7-8)11-5-3-4-10(14)12(11)13(15)16/h3-5,8-9H,6-7H2,1-2H3,(H3,15,16). The number of rotatable bonds is 2. The van der Waals surface area contributed by atoms with Crippen molar-refractivity contribution in [2.24, 2.45) is 11.7 Å². The highest BCUT2D eigenvalue weighted by Crippen LogP contribution is 2.33. The summed E-state index contributed by atoms with van der Waals surface area (Å²) in [6, 6.07) is 6.17. The van der Waals surface area contributed by atoms with Crippen molar-refractivity contribution in [1.29, 1.82) is 5.41 Å². The van der Waals surface area contributed by atoms with Gasteiger partial charge in [0.25, 0.3) is 0 Å². The lowest BCUT2D eigenvalue weighted by molar-refractivity contribution is 0.625. The van der Waals surface area contributed by atoms with Crippen molar-refractivity contribution < 1.29 is 0 Å². The highest BCUT2D eigenvalue weighted by molar-refractivity contribution is 6.34. The van der Waals surface area contributed by atoms with Gasteiger partial charge in [0, 0.05) is 18.3 Å². The molecule has 2 rings (SSSR count). The van der Waals surface area contributed by atoms with Crippen LogP contribution in [0, 0.1) is 11.3 Å². The van der Waals surface area contributed by atoms with Crippen molar-refractivity contribution >= 4 is 23.1 Å². The van der Waals surface area contributed by atoms with Crippen LogP contribution < -0.4 is 10.6 Å². The largest absolute Gasteiger partial charge is 0.384 e. The monoisotopic (exact) mass is 251 g/mol. The molecule has 0 bridgehead atoms. The minimum atomic E-state index is 0.0392. The second-order valence-electron chi connectivity index (χ2n) is 4.89. The van der Waals surface area contributed by atoms with E-state index in [1.165, 1.54) is 6.42 Å². The summed E-state index contributed by atoms with van der Waals surface area (Å²) in [5.74, 6) is 0.709. The van der Waals surface area contributed by atoms with Gasteiger partial charge in [0.2, 0.25) is 0 Å². The molecule has 0 aromatic heterocycles. The molecule has 0 amide bonds. The van der Waals surface area contributed by atoms with E-state index in [4.69, 9.17) is 22.7 Å². The number of amidine groups is 1. The predicted octanol–water partition coefficient (Wildman–Crippen LogP) is 2.86. The summed E-state index contributed by atoms with van der Waals surface area (Å²) >= 11 is 6.14. The summed E-state index contributed by atoms with van der Waals surface area (Å²) < 4.78 is 0. The topological polar surface area (TPSA) is 53.1 Å². The molecule has 4 heteroatoms. The summed E-state index contributed by atoms with van der Waals surface area (Å²) in [4.78, 5) is 2.30. The van der Waals surface area contributed by atoms with E-state index in [0.717, 1.165) is 12.2 Å². The molecule has 1 aromatic rings. The fraction of sp³-hybridized carbons (Fsp3) is 0.462. The van der Waals surface area contributed by atoms with Gasteiger partial charge < -0.3 is 10.6 Å². The normalized spacial score (nSPS) is 24.1. The smallest absolute Gasteiger partial charge is 0.126 e. The van der Waals surface area contributed by atoms with Crippen LogP contribution in [0.4, 0.5) is 5.69 Å². The SMILES string of the molecule is CC1CC(C)N(c2cccc(Cl)c2C(=N)N)C1. The molecule has 0 radical (unpaired) electrons. The second-order valence-corrected chi connectivity index (χ2v) is 5.30. The first kappa shape index (κ1) is 12.2. The van der Waals surface area contributed by atoms with Crippen LogP contribution in [0.25, 0.3) is 0 Å². The van der Waals surface area contributed by atoms with Gasteiger partial charge in [-0.1, -0.05) is 24.6 Å². The number of nitrogens with zero attached hydrogens (tertiary/aromatic N) is 1. The lowest BCUT2D eigenvalue weighted by Crippen LogP contribution is -2.29. The summed E-state index contributed by atoms with van der Waals surface area (Å²) in [7, 11) is 0. The molecule has 92 valence electrons. The minimum absolute atomic E-state index is 0.0392. The molecule has 1 aliphatic rings. The third-order valence-corrected chi connectivity index (χ3v) is 3.67. The zero-order valence-electron chi connectivity index (χ0n) is 10.2. The lowest BCUT2D eigenvalue weighted by atomic mass is 10.1. The molecule has 3 N–H and O–H groups in total. The van der Waals surface area contributed by atoms with Crippen molar-refractivity contribution in [3.63, 3.8) is 0 Å². The summed E-state index contributed by atoms with van der Waals surface area (Å²) in [5, 5.41) is 8.22. The molecule has 1 aliphatic heterocycles. The van der Waals surface area contributed by atoms with Crippen molar-refractivity contribution in [2.45, 2.75) is 26.3 Å². The van der Waals surface area contributed by atoms with E-state index in [1.54, 1.807) is 6.07 Å². The third-order valence-electron chi connectivity index (χ3n) is 3.35. The number of nitrogen functional groups attached to an aromatic ring is 1. The first-order valence-electron chi connectivity index (χ1n) is 5.90. The van der Waals surface area contributed by atoms with Crippen LogP contribution in [0.2, 0.25) is 5.02 Å². The molecule has 2 atom stereocenters. The van der Waals surface area contributed by atoms with Gasteiger partial charge in [-0.3, -0.25) is 5.41 Å². The molecule has 0 saturated carbocycles. The van der Waals surface area contributed by atoms with E-state index in [1.807, 2.05) is 12.1 Å². The molecule has 3 nitrogen and oxygen atoms in total. The zero-order valence-corrected chi connectivity index (χ0v) is 11.0. The molecule has 17 heavy (non-hydrogen) atoms. The third kappa shape index (κ3) is 2.25. The van der Waals surface area contributed by atoms with Gasteiger partial charge in [-0.25, -0.2) is 0 Å². The fourth-order valence-corrected chi connectivity index (χ4v) is 2.93. The van der Waals surface area contributed by atoms with Gasteiger partial charge in [0.1, 0.15) is 5.84 Å². The van der Waals surface area contributed by atoms with Gasteiger partial charge in [-0.2, -0.15) is 0 Å². The Bertz CT molecular complexity index is 444. The van der Waals surface area contributed by atoms with Gasteiger partial charge >= 0.3 is 0 Å². The number of nitrogens with one attached hydrogen (secondary N) is 1. The Morgan fingerprint density at radius 3 is 2.71 bits per heavy atom. The fourth-order valence-electron chi connectivity index (χ4n) is 2.65. The van der Waals surface area contributed by atoms with Crippen molar-refractivity contribution in [2.75, 3.05) is 11.4 Å². The highest BCUT2D eigenvalue weighted by atomic mass is 35.5. The first-order chi connectivity index (χ1) is 8.00. The Balaban J connectivity index is 2.45. The molecule has 1 saturated heterocycles. The lowest BCUT2D eigenvalue weighted by Gasteiger charge is -2.26. The molecule has 0 spiro atoms. The number of hydrogen-bond donors (Lipinski definition) is 2. The number of hydrogen-bond acceptors (Lipinski definition) is 2. The highest BCUT2D eigenvalue weighted by Gasteiger charge is 2.28. The van der Waals surface area contributed by atoms with Crippen LogP contribution >= 0.6 is 11.6 Å². The molecule has 2 unspecified atom stereocenters. The molecular formula is C13H18ClN3. The zero-order chi connectivity index (χ0) is 12.6. The van der Waals surface area contributed by atoms with Crippen LogP contribution in [0.5, 0.6) is 0 Å². The Kier molecular flexibility index (Phi) is 3.29. The van der Waals surface area contributed by atoms with E-state index < -0.39 is 0 Å². The number of halogens is 1. The molecule has 1 fully saturated rings. The average Bonchev–Trinajstić information content (AvgIpc) is 2.56. The summed E-state index contributed by atoms with van der Waals surface area (Å²) in [6.45, 7) is 5.45. The van der Waals surface area contributed by atoms with E-state index in [2.05, 4.69) is 18.7 Å². The molecule has 1 aromatic carbocycles. The van der Waals surface area contributed by atoms with Gasteiger partial charge in [-0.05, 0) is 31.4 Å². The molecule has 1 heterocycles. The Hall–Kier alpha value is -1.22. The number of benzene rings is 1. The van der Waals surface area contributed by atoms with E-state index in [-0.39, 0.29) is 5.84 Å². The summed E-state index contributed by atoms with van der Waals surface area (Å²) in [5.41, 5.74) is 7.29. The minimum Gasteiger partial charge on any atom is -0.384 e. The van der Waals surface area contributed by atoms with Crippen LogP contribution in [0.1, 0.15) is 25.8 Å². The molecular weight excluding hydrogens is 234 g/mol. The van der Waals surface area contributed by atoms with E-state index >= 15 is 0 Å². The average molecular weight is 252 g/mol. The van der Waals surface area contributed by atoms with Gasteiger partial charge in [0.15, 0.2) is 0 Å². The van der Waals surface area contributed by atoms with Crippen molar-refractivity contribution in [3.05, 3.63) is 28.8 Å². The Labute approximate surface area is 107 Å². The van der Waals surface area contributed by atoms with Crippen LogP contribution in [0.3, 0.4) is 0 Å². The van der Waals surface area contributed by atoms with Gasteiger partial charge in [0.05, 0.1) is 10.6 Å². The van der Waals surface area contributed by atoms with E-state index in [0.29, 0.717) is 22.5 Å².